The number of nitrogens with one attached hydrogen (secondary N) is 4. The van der Waals surface area contributed by atoms with Crippen LogP contribution in [-0.4, -0.2) is 135 Å². The molecule has 18 nitrogen and oxygen atoms in total. The molecule has 4 amide bonds. The minimum absolute atomic E-state index is 0.00322. The number of benzene rings is 3. The summed E-state index contributed by atoms with van der Waals surface area (Å²) < 4.78 is 44.1. The summed E-state index contributed by atoms with van der Waals surface area (Å²) in [7, 11) is -3.92. The zero-order valence-corrected chi connectivity index (χ0v) is 43.6. The smallest absolute Gasteiger partial charge is 0.313 e. The van der Waals surface area contributed by atoms with Crippen molar-refractivity contribution >= 4 is 51.8 Å². The molecule has 4 N–H and O–H groups in total. The molecule has 0 bridgehead atoms. The van der Waals surface area contributed by atoms with Crippen LogP contribution in [0.4, 0.5) is 0 Å². The van der Waals surface area contributed by atoms with Crippen LogP contribution in [0, 0.1) is 17.8 Å². The van der Waals surface area contributed by atoms with Crippen molar-refractivity contribution < 1.29 is 65.2 Å². The van der Waals surface area contributed by atoms with Gasteiger partial charge in [-0.25, -0.2) is 8.42 Å². The molecule has 0 radical (unpaired) electrons. The van der Waals surface area contributed by atoms with Gasteiger partial charge in [-0.3, -0.25) is 33.6 Å². The highest BCUT2D eigenvalue weighted by molar-refractivity contribution is 7.84. The van der Waals surface area contributed by atoms with Crippen molar-refractivity contribution in [1.29, 1.82) is 0 Å². The van der Waals surface area contributed by atoms with E-state index >= 15 is 0 Å². The average molecular weight is 1020 g/mol. The number of aryl methyl sites for hydroxylation is 1. The zero-order valence-electron chi connectivity index (χ0n) is 42.8. The van der Waals surface area contributed by atoms with Crippen LogP contribution >= 0.6 is 0 Å². The number of hydrogen-bond acceptors (Lipinski definition) is 13. The number of esters is 1. The highest BCUT2D eigenvalue weighted by Gasteiger charge is 2.50. The third-order valence-corrected chi connectivity index (χ3v) is 12.2. The summed E-state index contributed by atoms with van der Waals surface area (Å²) in [5, 5.41) is 11.8. The second-order valence-electron chi connectivity index (χ2n) is 20.1. The number of morpholine rings is 1. The first-order valence-electron chi connectivity index (χ1n) is 24.5. The normalized spacial score (nSPS) is 17.8. The summed E-state index contributed by atoms with van der Waals surface area (Å²) in [5.74, 6) is -2.91. The standard InChI is InChI=1S/C52H69N5O10.CH4O3S/c1-34(2)26-42(47(60)52(7)33-66-52)54-50(63)44(29-38-16-12-9-13-17-38)56-49(62)43(27-35(3)4)55-48(61)41(20-18-37-14-10-8-11-15-37)53-46(59)31-57(22-24-65-25-23-57)30-39-19-21-45(40(28-39)32-58)67-51(64)36(5)6;1-5(2,3)4/h8-17,19,21,28,32,34-36,41-44H,18,20,22-27,29-31,33H2,1-7H3,(H3-,53,54,55,56,59,61,62,63);1H3,(H,2,3,4)/t41-,42-,43-,44-,52+;/m0./s1. The maximum Gasteiger partial charge on any atom is 0.313 e. The van der Waals surface area contributed by atoms with Crippen LogP contribution in [0.1, 0.15) is 94.8 Å². The molecule has 2 heterocycles. The van der Waals surface area contributed by atoms with Crippen molar-refractivity contribution in [2.24, 2.45) is 17.8 Å². The molecule has 3 aromatic carbocycles. The van der Waals surface area contributed by atoms with Crippen molar-refractivity contribution in [3.05, 3.63) is 101 Å². The van der Waals surface area contributed by atoms with E-state index in [1.165, 1.54) is 0 Å². The van der Waals surface area contributed by atoms with Crippen molar-refractivity contribution in [3.63, 3.8) is 0 Å². The fourth-order valence-corrected chi connectivity index (χ4v) is 8.27. The summed E-state index contributed by atoms with van der Waals surface area (Å²) in [6.07, 6.45) is 2.68. The fourth-order valence-electron chi connectivity index (χ4n) is 8.27. The molecule has 19 heteroatoms. The molecule has 72 heavy (non-hydrogen) atoms. The number of ether oxygens (including phenoxy) is 3. The van der Waals surface area contributed by atoms with Crippen LogP contribution in [0.15, 0.2) is 78.9 Å². The monoisotopic (exact) mass is 1020 g/mol. The number of rotatable bonds is 25. The SMILES string of the molecule is CC(C)C[C@H](NC(=O)[C@H](CCc1ccccc1)NC(=O)C[N+]1(Cc2ccc(OC(=O)C(C)C)c(C=O)c2)CCOCC1)C(=O)N[C@@H](Cc1ccccc1)C(=O)N[C@@H](CC(C)C)C(=O)[C@@]1(C)CO1.CS(=O)(=O)[O-]. The minimum Gasteiger partial charge on any atom is -0.748 e. The lowest BCUT2D eigenvalue weighted by Crippen LogP contribution is -2.61. The largest absolute Gasteiger partial charge is 0.748 e. The number of aldehydes is 1. The first-order chi connectivity index (χ1) is 33.9. The van der Waals surface area contributed by atoms with Crippen molar-refractivity contribution in [1.82, 2.24) is 21.3 Å². The summed E-state index contributed by atoms with van der Waals surface area (Å²) in [4.78, 5) is 95.2. The van der Waals surface area contributed by atoms with Gasteiger partial charge in [0.2, 0.25) is 17.7 Å². The molecule has 0 saturated carbocycles. The van der Waals surface area contributed by atoms with Gasteiger partial charge in [0.25, 0.3) is 5.91 Å². The number of carbonyl (C=O) groups is 7. The number of amides is 4. The predicted molar refractivity (Wildman–Crippen MR) is 268 cm³/mol. The lowest BCUT2D eigenvalue weighted by Gasteiger charge is -2.41. The molecular weight excluding hydrogens is 947 g/mol. The molecule has 0 unspecified atom stereocenters. The molecule has 0 aromatic heterocycles. The first kappa shape index (κ1) is 58.7. The van der Waals surface area contributed by atoms with Gasteiger partial charge in [0, 0.05) is 18.2 Å². The van der Waals surface area contributed by atoms with Gasteiger partial charge in [-0.15, -0.1) is 0 Å². The summed E-state index contributed by atoms with van der Waals surface area (Å²) in [6.45, 7) is 15.3. The van der Waals surface area contributed by atoms with Crippen molar-refractivity contribution in [2.75, 3.05) is 45.7 Å². The van der Waals surface area contributed by atoms with Gasteiger partial charge in [-0.1, -0.05) is 102 Å². The number of quaternary nitrogens is 1. The first-order valence-corrected chi connectivity index (χ1v) is 26.3. The Balaban J connectivity index is 0.00000214. The van der Waals surface area contributed by atoms with Crippen LogP contribution in [-0.2, 0) is 67.7 Å². The number of nitrogens with zero attached hydrogens (tertiary/aromatic N) is 1. The molecule has 2 aliphatic heterocycles. The van der Waals surface area contributed by atoms with Crippen molar-refractivity contribution in [3.8, 4) is 5.75 Å². The second-order valence-corrected chi connectivity index (χ2v) is 21.6. The van der Waals surface area contributed by atoms with E-state index < -0.39 is 63.6 Å². The fraction of sp³-hybridized carbons (Fsp3) is 0.528. The summed E-state index contributed by atoms with van der Waals surface area (Å²) in [5.41, 5.74) is 1.76. The third kappa shape index (κ3) is 20.0. The number of carbonyl (C=O) groups excluding carboxylic acids is 7. The molecule has 5 rings (SSSR count). The molecule has 2 fully saturated rings. The van der Waals surface area contributed by atoms with Crippen LogP contribution in [0.2, 0.25) is 0 Å². The van der Waals surface area contributed by atoms with E-state index in [0.29, 0.717) is 58.2 Å². The maximum absolute atomic E-state index is 14.5. The Labute approximate surface area is 424 Å². The third-order valence-electron chi connectivity index (χ3n) is 12.2. The quantitative estimate of drug-likeness (QED) is 0.0235. The lowest BCUT2D eigenvalue weighted by molar-refractivity contribution is -0.940. The van der Waals surface area contributed by atoms with E-state index in [2.05, 4.69) is 21.3 Å². The van der Waals surface area contributed by atoms with E-state index in [1.807, 2.05) is 88.4 Å². The van der Waals surface area contributed by atoms with E-state index in [1.54, 1.807) is 39.0 Å². The Bertz CT molecular complexity index is 2410. The van der Waals surface area contributed by atoms with Gasteiger partial charge in [0.15, 0.2) is 18.6 Å². The van der Waals surface area contributed by atoms with Crippen LogP contribution in [0.5, 0.6) is 5.75 Å². The number of Topliss-reactive ketones (excluding diaryl/α,β-unsaturated/α-hetero) is 1. The second kappa shape index (κ2) is 27.3. The van der Waals surface area contributed by atoms with Gasteiger partial charge in [-0.05, 0) is 73.8 Å². The molecule has 2 aliphatic rings. The molecular formula is C53H73N5O13S. The van der Waals surface area contributed by atoms with Gasteiger partial charge in [-0.2, -0.15) is 0 Å². The molecule has 2 saturated heterocycles. The van der Waals surface area contributed by atoms with Gasteiger partial charge >= 0.3 is 5.97 Å². The molecule has 0 spiro atoms. The topological polar surface area (TPSA) is 256 Å². The van der Waals surface area contributed by atoms with E-state index in [0.717, 1.165) is 16.7 Å². The number of epoxide rings is 1. The Morgan fingerprint density at radius 3 is 1.79 bits per heavy atom. The molecule has 3 aromatic rings. The summed E-state index contributed by atoms with van der Waals surface area (Å²) in [6, 6.07) is 19.8. The van der Waals surface area contributed by atoms with Gasteiger partial charge < -0.3 is 44.5 Å². The molecule has 394 valence electrons. The Kier molecular flexibility index (Phi) is 22.2. The van der Waals surface area contributed by atoms with E-state index in [-0.39, 0.29) is 77.7 Å². The highest BCUT2D eigenvalue weighted by atomic mass is 32.2. The van der Waals surface area contributed by atoms with Crippen LogP contribution in [0.25, 0.3) is 0 Å². The lowest BCUT2D eigenvalue weighted by atomic mass is 9.93. The molecule has 5 atom stereocenters. The number of hydrogen-bond donors (Lipinski definition) is 4. The van der Waals surface area contributed by atoms with Crippen LogP contribution < -0.4 is 26.0 Å². The van der Waals surface area contributed by atoms with Crippen LogP contribution in [0.3, 0.4) is 0 Å². The van der Waals surface area contributed by atoms with E-state index in [4.69, 9.17) is 27.2 Å². The summed E-state index contributed by atoms with van der Waals surface area (Å²) >= 11 is 0. The van der Waals surface area contributed by atoms with Crippen molar-refractivity contribution in [2.45, 2.75) is 117 Å². The number of ketones is 1. The van der Waals surface area contributed by atoms with Gasteiger partial charge in [0.1, 0.15) is 49.1 Å². The van der Waals surface area contributed by atoms with Gasteiger partial charge in [0.05, 0.1) is 47.5 Å². The molecule has 0 aliphatic carbocycles. The minimum atomic E-state index is -3.92. The highest BCUT2D eigenvalue weighted by Crippen LogP contribution is 2.30. The average Bonchev–Trinajstić information content (AvgIpc) is 4.07. The zero-order chi connectivity index (χ0) is 53.2. The Morgan fingerprint density at radius 1 is 0.736 bits per heavy atom. The Hall–Kier alpha value is -5.86. The van der Waals surface area contributed by atoms with E-state index in [9.17, 15) is 33.6 Å². The Morgan fingerprint density at radius 2 is 1.25 bits per heavy atom. The predicted octanol–water partition coefficient (Wildman–Crippen LogP) is 3.83. The maximum atomic E-state index is 14.5.